The Morgan fingerprint density at radius 3 is 2.23 bits per heavy atom. The number of aryl methyl sites for hydroxylation is 2. The minimum Gasteiger partial charge on any atom is -0.496 e. The van der Waals surface area contributed by atoms with E-state index >= 15 is 0 Å². The predicted octanol–water partition coefficient (Wildman–Crippen LogP) is 3.99. The molecule has 0 spiro atoms. The molecule has 0 bridgehead atoms. The maximum Gasteiger partial charge on any atom is 0.123 e. The summed E-state index contributed by atoms with van der Waals surface area (Å²) in [6, 6.07) is 12.0. The van der Waals surface area contributed by atoms with Crippen LogP contribution in [-0.4, -0.2) is 31.2 Å². The molecule has 0 saturated heterocycles. The lowest BCUT2D eigenvalue weighted by atomic mass is 9.91. The van der Waals surface area contributed by atoms with Gasteiger partial charge in [0, 0.05) is 35.6 Å². The van der Waals surface area contributed by atoms with Crippen LogP contribution in [0.4, 0.5) is 0 Å². The summed E-state index contributed by atoms with van der Waals surface area (Å²) in [5.74, 6) is 0.952. The molecular weight excluding hydrogens is 322 g/mol. The van der Waals surface area contributed by atoms with E-state index in [4.69, 9.17) is 4.74 Å². The number of nitrogens with one attached hydrogen (secondary N) is 2. The molecule has 0 unspecified atom stereocenters. The molecule has 1 heterocycles. The van der Waals surface area contributed by atoms with E-state index in [-0.39, 0.29) is 0 Å². The maximum absolute atomic E-state index is 5.60. The normalized spacial score (nSPS) is 20.2. The highest BCUT2D eigenvalue weighted by molar-refractivity contribution is 5.66. The average Bonchev–Trinajstić information content (AvgIpc) is 2.65. The van der Waals surface area contributed by atoms with Crippen LogP contribution < -0.4 is 15.4 Å². The van der Waals surface area contributed by atoms with E-state index in [1.807, 2.05) is 13.8 Å². The molecule has 26 heavy (non-hydrogen) atoms. The third kappa shape index (κ3) is 4.63. The van der Waals surface area contributed by atoms with Crippen LogP contribution in [0, 0.1) is 13.8 Å². The number of benzene rings is 1. The standard InChI is InChI=1S/C22H31N3O/c1-15-11-18(12-16(2)25-15)17-5-10-22(26-4)19(13-17)14-24-21-8-6-20(23-3)7-9-21/h5,10-13,20-21,23-24H,6-9,14H2,1-4H3. The molecular formula is C22H31N3O. The van der Waals surface area contributed by atoms with Crippen LogP contribution in [-0.2, 0) is 6.54 Å². The maximum atomic E-state index is 5.60. The highest BCUT2D eigenvalue weighted by Gasteiger charge is 2.19. The van der Waals surface area contributed by atoms with Crippen molar-refractivity contribution in [3.63, 3.8) is 0 Å². The van der Waals surface area contributed by atoms with Crippen LogP contribution in [0.2, 0.25) is 0 Å². The Bertz CT molecular complexity index is 716. The summed E-state index contributed by atoms with van der Waals surface area (Å²) in [6.07, 6.45) is 4.97. The monoisotopic (exact) mass is 353 g/mol. The number of nitrogens with zero attached hydrogens (tertiary/aromatic N) is 1. The van der Waals surface area contributed by atoms with Crippen molar-refractivity contribution in [3.05, 3.63) is 47.3 Å². The van der Waals surface area contributed by atoms with Crippen molar-refractivity contribution >= 4 is 0 Å². The third-order valence-corrected chi connectivity index (χ3v) is 5.41. The van der Waals surface area contributed by atoms with Crippen molar-refractivity contribution in [1.29, 1.82) is 0 Å². The lowest BCUT2D eigenvalue weighted by Gasteiger charge is -2.29. The van der Waals surface area contributed by atoms with Gasteiger partial charge in [0.05, 0.1) is 7.11 Å². The zero-order chi connectivity index (χ0) is 18.5. The SMILES string of the molecule is CNC1CCC(NCc2cc(-c3cc(C)nc(C)c3)ccc2OC)CC1. The van der Waals surface area contributed by atoms with Crippen LogP contribution in [0.25, 0.3) is 11.1 Å². The van der Waals surface area contributed by atoms with Crippen LogP contribution in [0.3, 0.4) is 0 Å². The van der Waals surface area contributed by atoms with Crippen LogP contribution in [0.15, 0.2) is 30.3 Å². The number of rotatable bonds is 6. The molecule has 0 aliphatic heterocycles. The summed E-state index contributed by atoms with van der Waals surface area (Å²) in [5.41, 5.74) is 5.75. The number of hydrogen-bond acceptors (Lipinski definition) is 4. The van der Waals surface area contributed by atoms with E-state index in [0.29, 0.717) is 12.1 Å². The first-order chi connectivity index (χ1) is 12.6. The predicted molar refractivity (Wildman–Crippen MR) is 108 cm³/mol. The van der Waals surface area contributed by atoms with Gasteiger partial charge in [-0.1, -0.05) is 6.07 Å². The summed E-state index contributed by atoms with van der Waals surface area (Å²) in [4.78, 5) is 4.48. The Balaban J connectivity index is 1.73. The van der Waals surface area contributed by atoms with E-state index in [1.165, 1.54) is 42.4 Å². The Morgan fingerprint density at radius 1 is 0.962 bits per heavy atom. The molecule has 2 aromatic rings. The van der Waals surface area contributed by atoms with Gasteiger partial charge >= 0.3 is 0 Å². The Kier molecular flexibility index (Phi) is 6.28. The summed E-state index contributed by atoms with van der Waals surface area (Å²) in [7, 11) is 3.81. The minimum absolute atomic E-state index is 0.596. The molecule has 3 rings (SSSR count). The zero-order valence-electron chi connectivity index (χ0n) is 16.4. The van der Waals surface area contributed by atoms with E-state index in [0.717, 1.165) is 23.7 Å². The molecule has 1 saturated carbocycles. The van der Waals surface area contributed by atoms with Gasteiger partial charge in [-0.2, -0.15) is 0 Å². The summed E-state index contributed by atoms with van der Waals surface area (Å²) in [6.45, 7) is 4.93. The van der Waals surface area contributed by atoms with Crippen molar-refractivity contribution in [3.8, 4) is 16.9 Å². The topological polar surface area (TPSA) is 46.2 Å². The average molecular weight is 354 g/mol. The highest BCUT2D eigenvalue weighted by atomic mass is 16.5. The van der Waals surface area contributed by atoms with Gasteiger partial charge in [-0.3, -0.25) is 4.98 Å². The van der Waals surface area contributed by atoms with Gasteiger partial charge in [-0.15, -0.1) is 0 Å². The number of pyridine rings is 1. The summed E-state index contributed by atoms with van der Waals surface area (Å²) < 4.78 is 5.60. The number of hydrogen-bond donors (Lipinski definition) is 2. The van der Waals surface area contributed by atoms with E-state index in [9.17, 15) is 0 Å². The second kappa shape index (κ2) is 8.65. The minimum atomic E-state index is 0.596. The third-order valence-electron chi connectivity index (χ3n) is 5.41. The molecule has 1 aromatic heterocycles. The first-order valence-electron chi connectivity index (χ1n) is 9.62. The molecule has 0 atom stereocenters. The second-order valence-corrected chi connectivity index (χ2v) is 7.38. The van der Waals surface area contributed by atoms with Gasteiger partial charge < -0.3 is 15.4 Å². The fourth-order valence-corrected chi connectivity index (χ4v) is 3.94. The lowest BCUT2D eigenvalue weighted by Crippen LogP contribution is -2.38. The molecule has 140 valence electrons. The number of aromatic nitrogens is 1. The first-order valence-corrected chi connectivity index (χ1v) is 9.62. The molecule has 1 aliphatic carbocycles. The number of methoxy groups -OCH3 is 1. The second-order valence-electron chi connectivity index (χ2n) is 7.38. The zero-order valence-corrected chi connectivity index (χ0v) is 16.4. The van der Waals surface area contributed by atoms with Crippen molar-refractivity contribution in [2.24, 2.45) is 0 Å². The van der Waals surface area contributed by atoms with Crippen molar-refractivity contribution in [2.45, 2.75) is 58.2 Å². The van der Waals surface area contributed by atoms with Gasteiger partial charge in [-0.25, -0.2) is 0 Å². The summed E-state index contributed by atoms with van der Waals surface area (Å²) in [5, 5.41) is 7.14. The smallest absolute Gasteiger partial charge is 0.123 e. The molecule has 1 fully saturated rings. The highest BCUT2D eigenvalue weighted by Crippen LogP contribution is 2.28. The van der Waals surface area contributed by atoms with Gasteiger partial charge in [-0.05, 0) is 82.0 Å². The molecule has 4 heteroatoms. The van der Waals surface area contributed by atoms with Gasteiger partial charge in [0.25, 0.3) is 0 Å². The molecule has 0 amide bonds. The van der Waals surface area contributed by atoms with Crippen molar-refractivity contribution < 1.29 is 4.74 Å². The van der Waals surface area contributed by atoms with Gasteiger partial charge in [0.15, 0.2) is 0 Å². The van der Waals surface area contributed by atoms with E-state index in [2.05, 4.69) is 53.0 Å². The fraction of sp³-hybridized carbons (Fsp3) is 0.500. The fourth-order valence-electron chi connectivity index (χ4n) is 3.94. The van der Waals surface area contributed by atoms with Crippen molar-refractivity contribution in [1.82, 2.24) is 15.6 Å². The van der Waals surface area contributed by atoms with Crippen molar-refractivity contribution in [2.75, 3.05) is 14.2 Å². The lowest BCUT2D eigenvalue weighted by molar-refractivity contribution is 0.315. The molecule has 0 radical (unpaired) electrons. The first kappa shape index (κ1) is 18.9. The number of ether oxygens (including phenoxy) is 1. The Morgan fingerprint density at radius 2 is 1.62 bits per heavy atom. The van der Waals surface area contributed by atoms with Crippen LogP contribution in [0.5, 0.6) is 5.75 Å². The Labute approximate surface area is 157 Å². The van der Waals surface area contributed by atoms with Gasteiger partial charge in [0.1, 0.15) is 5.75 Å². The molecule has 1 aromatic carbocycles. The Hall–Kier alpha value is -1.91. The summed E-state index contributed by atoms with van der Waals surface area (Å²) >= 11 is 0. The molecule has 1 aliphatic rings. The van der Waals surface area contributed by atoms with Gasteiger partial charge in [0.2, 0.25) is 0 Å². The van der Waals surface area contributed by atoms with Crippen LogP contribution in [0.1, 0.15) is 42.6 Å². The molecule has 4 nitrogen and oxygen atoms in total. The van der Waals surface area contributed by atoms with E-state index in [1.54, 1.807) is 7.11 Å². The van der Waals surface area contributed by atoms with E-state index < -0.39 is 0 Å². The van der Waals surface area contributed by atoms with Crippen LogP contribution >= 0.6 is 0 Å². The molecule has 2 N–H and O–H groups in total. The quantitative estimate of drug-likeness (QED) is 0.824. The largest absolute Gasteiger partial charge is 0.496 e.